The van der Waals surface area contributed by atoms with Crippen molar-refractivity contribution in [2.75, 3.05) is 6.54 Å². The average Bonchev–Trinajstić information content (AvgIpc) is 2.72. The minimum absolute atomic E-state index is 0.0742. The molecule has 0 aromatic rings. The highest BCUT2D eigenvalue weighted by atomic mass is 16.2. The summed E-state index contributed by atoms with van der Waals surface area (Å²) >= 11 is 0. The zero-order valence-electron chi connectivity index (χ0n) is 13.7. The van der Waals surface area contributed by atoms with Gasteiger partial charge < -0.3 is 10.6 Å². The van der Waals surface area contributed by atoms with Crippen molar-refractivity contribution >= 4 is 5.91 Å². The summed E-state index contributed by atoms with van der Waals surface area (Å²) in [6, 6.07) is 0.374. The number of rotatable bonds is 8. The fourth-order valence-corrected chi connectivity index (χ4v) is 3.16. The molecule has 1 amide bonds. The van der Waals surface area contributed by atoms with Crippen LogP contribution in [0.3, 0.4) is 0 Å². The minimum Gasteiger partial charge on any atom is -0.355 e. The second kappa shape index (κ2) is 10.2. The molecular formula is C17H34N2O. The predicted octanol–water partition coefficient (Wildman–Crippen LogP) is 3.63. The van der Waals surface area contributed by atoms with E-state index in [1.807, 2.05) is 6.92 Å². The number of hydrogen-bond donors (Lipinski definition) is 2. The van der Waals surface area contributed by atoms with Crippen LogP contribution in [0, 0.1) is 5.92 Å². The van der Waals surface area contributed by atoms with Crippen molar-refractivity contribution in [2.45, 2.75) is 90.6 Å². The maximum Gasteiger partial charge on any atom is 0.236 e. The summed E-state index contributed by atoms with van der Waals surface area (Å²) < 4.78 is 0. The Kier molecular flexibility index (Phi) is 8.92. The summed E-state index contributed by atoms with van der Waals surface area (Å²) in [5.74, 6) is 0.898. The quantitative estimate of drug-likeness (QED) is 0.527. The van der Waals surface area contributed by atoms with E-state index < -0.39 is 0 Å². The van der Waals surface area contributed by atoms with Gasteiger partial charge in [-0.3, -0.25) is 4.79 Å². The molecule has 0 aromatic heterocycles. The van der Waals surface area contributed by atoms with Gasteiger partial charge in [-0.05, 0) is 39.0 Å². The summed E-state index contributed by atoms with van der Waals surface area (Å²) in [4.78, 5) is 12.0. The topological polar surface area (TPSA) is 41.1 Å². The van der Waals surface area contributed by atoms with Crippen LogP contribution in [-0.2, 0) is 4.79 Å². The van der Waals surface area contributed by atoms with Crippen LogP contribution in [0.1, 0.15) is 78.6 Å². The molecule has 1 aliphatic carbocycles. The summed E-state index contributed by atoms with van der Waals surface area (Å²) in [5.41, 5.74) is 0. The fraction of sp³-hybridized carbons (Fsp3) is 0.941. The van der Waals surface area contributed by atoms with Crippen molar-refractivity contribution in [3.05, 3.63) is 0 Å². The molecule has 1 aliphatic rings. The summed E-state index contributed by atoms with van der Waals surface area (Å²) in [6.45, 7) is 7.23. The van der Waals surface area contributed by atoms with Gasteiger partial charge in [-0.15, -0.1) is 0 Å². The van der Waals surface area contributed by atoms with Crippen molar-refractivity contribution < 1.29 is 4.79 Å². The van der Waals surface area contributed by atoms with E-state index in [4.69, 9.17) is 0 Å². The van der Waals surface area contributed by atoms with Gasteiger partial charge in [-0.2, -0.15) is 0 Å². The van der Waals surface area contributed by atoms with Gasteiger partial charge in [0.15, 0.2) is 0 Å². The molecule has 2 N–H and O–H groups in total. The van der Waals surface area contributed by atoms with Crippen molar-refractivity contribution in [3.8, 4) is 0 Å². The average molecular weight is 282 g/mol. The van der Waals surface area contributed by atoms with Gasteiger partial charge in [0.1, 0.15) is 0 Å². The monoisotopic (exact) mass is 282 g/mol. The van der Waals surface area contributed by atoms with Crippen molar-refractivity contribution in [3.63, 3.8) is 0 Å². The molecule has 1 fully saturated rings. The van der Waals surface area contributed by atoms with Gasteiger partial charge in [0.2, 0.25) is 5.91 Å². The van der Waals surface area contributed by atoms with Crippen LogP contribution < -0.4 is 10.6 Å². The van der Waals surface area contributed by atoms with E-state index in [1.54, 1.807) is 0 Å². The van der Waals surface area contributed by atoms with Crippen molar-refractivity contribution in [2.24, 2.45) is 5.92 Å². The van der Waals surface area contributed by atoms with Gasteiger partial charge in [0.25, 0.3) is 0 Å². The fourth-order valence-electron chi connectivity index (χ4n) is 3.16. The molecule has 1 unspecified atom stereocenters. The lowest BCUT2D eigenvalue weighted by Gasteiger charge is -2.26. The van der Waals surface area contributed by atoms with Crippen LogP contribution in [0.4, 0.5) is 0 Å². The molecule has 20 heavy (non-hydrogen) atoms. The van der Waals surface area contributed by atoms with E-state index in [0.717, 1.165) is 18.9 Å². The number of hydrogen-bond acceptors (Lipinski definition) is 2. The molecule has 118 valence electrons. The maximum absolute atomic E-state index is 12.0. The standard InChI is InChI=1S/C17H34N2O/c1-4-5-10-13-18-17(20)15(3)19-14(2)16-11-8-6-7-9-12-16/h14-16,19H,4-13H2,1-3H3,(H,18,20)/t14-,15?/m0/s1. The largest absolute Gasteiger partial charge is 0.355 e. The Labute approximate surface area is 125 Å². The van der Waals surface area contributed by atoms with Crippen LogP contribution >= 0.6 is 0 Å². The third kappa shape index (κ3) is 6.74. The van der Waals surface area contributed by atoms with Gasteiger partial charge >= 0.3 is 0 Å². The molecule has 0 aromatic carbocycles. The van der Waals surface area contributed by atoms with Gasteiger partial charge in [-0.1, -0.05) is 45.4 Å². The molecule has 2 atom stereocenters. The van der Waals surface area contributed by atoms with Crippen LogP contribution in [0.15, 0.2) is 0 Å². The molecule has 3 nitrogen and oxygen atoms in total. The molecule has 0 saturated heterocycles. The van der Waals surface area contributed by atoms with E-state index in [1.165, 1.54) is 51.4 Å². The minimum atomic E-state index is -0.0742. The Morgan fingerprint density at radius 2 is 1.75 bits per heavy atom. The predicted molar refractivity (Wildman–Crippen MR) is 85.8 cm³/mol. The van der Waals surface area contributed by atoms with Crippen molar-refractivity contribution in [1.29, 1.82) is 0 Å². The van der Waals surface area contributed by atoms with E-state index >= 15 is 0 Å². The number of unbranched alkanes of at least 4 members (excludes halogenated alkanes) is 2. The Morgan fingerprint density at radius 1 is 1.10 bits per heavy atom. The molecule has 1 rings (SSSR count). The second-order valence-electron chi connectivity index (χ2n) is 6.43. The molecule has 0 radical (unpaired) electrons. The molecule has 0 bridgehead atoms. The lowest BCUT2D eigenvalue weighted by Crippen LogP contribution is -2.48. The lowest BCUT2D eigenvalue weighted by molar-refractivity contribution is -0.123. The van der Waals surface area contributed by atoms with Crippen LogP contribution in [0.5, 0.6) is 0 Å². The summed E-state index contributed by atoms with van der Waals surface area (Å²) in [6.07, 6.45) is 11.6. The molecule has 0 heterocycles. The number of nitrogens with one attached hydrogen (secondary N) is 2. The zero-order chi connectivity index (χ0) is 14.8. The third-order valence-electron chi connectivity index (χ3n) is 4.59. The first-order chi connectivity index (χ1) is 9.65. The van der Waals surface area contributed by atoms with Crippen LogP contribution in [0.25, 0.3) is 0 Å². The Bertz CT molecular complexity index is 260. The van der Waals surface area contributed by atoms with E-state index in [9.17, 15) is 4.79 Å². The third-order valence-corrected chi connectivity index (χ3v) is 4.59. The Morgan fingerprint density at radius 3 is 2.35 bits per heavy atom. The first-order valence-corrected chi connectivity index (χ1v) is 8.69. The molecule has 3 heteroatoms. The molecular weight excluding hydrogens is 248 g/mol. The zero-order valence-corrected chi connectivity index (χ0v) is 13.7. The van der Waals surface area contributed by atoms with Gasteiger partial charge in [0.05, 0.1) is 6.04 Å². The molecule has 0 aliphatic heterocycles. The summed E-state index contributed by atoms with van der Waals surface area (Å²) in [5, 5.41) is 6.54. The van der Waals surface area contributed by atoms with E-state index in [2.05, 4.69) is 24.5 Å². The highest BCUT2D eigenvalue weighted by Gasteiger charge is 2.22. The molecule has 1 saturated carbocycles. The molecule has 0 spiro atoms. The highest BCUT2D eigenvalue weighted by Crippen LogP contribution is 2.25. The first kappa shape index (κ1) is 17.5. The Balaban J connectivity index is 2.24. The van der Waals surface area contributed by atoms with E-state index in [0.29, 0.717) is 6.04 Å². The smallest absolute Gasteiger partial charge is 0.236 e. The Hall–Kier alpha value is -0.570. The lowest BCUT2D eigenvalue weighted by atomic mass is 9.92. The van der Waals surface area contributed by atoms with Crippen LogP contribution in [0.2, 0.25) is 0 Å². The number of carbonyl (C=O) groups is 1. The summed E-state index contributed by atoms with van der Waals surface area (Å²) in [7, 11) is 0. The van der Waals surface area contributed by atoms with Gasteiger partial charge in [0, 0.05) is 12.6 Å². The second-order valence-corrected chi connectivity index (χ2v) is 6.43. The highest BCUT2D eigenvalue weighted by molar-refractivity contribution is 5.81. The van der Waals surface area contributed by atoms with E-state index in [-0.39, 0.29) is 11.9 Å². The van der Waals surface area contributed by atoms with Crippen LogP contribution in [-0.4, -0.2) is 24.5 Å². The van der Waals surface area contributed by atoms with Crippen molar-refractivity contribution in [1.82, 2.24) is 10.6 Å². The normalized spacial score (nSPS) is 20.1. The first-order valence-electron chi connectivity index (χ1n) is 8.69. The maximum atomic E-state index is 12.0. The number of amides is 1. The SMILES string of the molecule is CCCCCNC(=O)C(C)N[C@@H](C)C1CCCCCC1. The van der Waals surface area contributed by atoms with Gasteiger partial charge in [-0.25, -0.2) is 0 Å². The number of carbonyl (C=O) groups excluding carboxylic acids is 1.